The molecule has 3 aromatic rings. The molecule has 1 atom stereocenters. The summed E-state index contributed by atoms with van der Waals surface area (Å²) < 4.78 is 19.0. The number of nitrogens with one attached hydrogen (secondary N) is 2. The Morgan fingerprint density at radius 1 is 1.19 bits per heavy atom. The average molecular weight is 404 g/mol. The molecule has 0 saturated carbocycles. The molecule has 2 aromatic carbocycles. The van der Waals surface area contributed by atoms with Crippen LogP contribution in [0.2, 0.25) is 0 Å². The second-order valence-corrected chi connectivity index (χ2v) is 8.06. The smallest absolute Gasteiger partial charge is 0.237 e. The van der Waals surface area contributed by atoms with Gasteiger partial charge in [-0.05, 0) is 37.3 Å². The Kier molecular flexibility index (Phi) is 6.25. The van der Waals surface area contributed by atoms with E-state index in [4.69, 9.17) is 4.74 Å². The van der Waals surface area contributed by atoms with Crippen molar-refractivity contribution in [3.05, 3.63) is 54.3 Å². The number of benzene rings is 2. The summed E-state index contributed by atoms with van der Waals surface area (Å²) in [6.07, 6.45) is 0. The molecule has 1 amide bonds. The van der Waals surface area contributed by atoms with Crippen LogP contribution in [0.1, 0.15) is 6.92 Å². The van der Waals surface area contributed by atoms with E-state index in [1.165, 1.54) is 35.2 Å². The number of ether oxygens (including phenoxy) is 1. The van der Waals surface area contributed by atoms with E-state index in [2.05, 4.69) is 20.8 Å². The number of anilines is 3. The molecule has 140 valence electrons. The van der Waals surface area contributed by atoms with Gasteiger partial charge in [0.25, 0.3) is 0 Å². The lowest BCUT2D eigenvalue weighted by molar-refractivity contribution is -0.115. The highest BCUT2D eigenvalue weighted by atomic mass is 32.2. The lowest BCUT2D eigenvalue weighted by Gasteiger charge is -2.11. The van der Waals surface area contributed by atoms with Crippen LogP contribution in [0, 0.1) is 5.82 Å². The predicted octanol–water partition coefficient (Wildman–Crippen LogP) is 4.55. The zero-order valence-electron chi connectivity index (χ0n) is 14.6. The van der Waals surface area contributed by atoms with Crippen molar-refractivity contribution in [1.82, 2.24) is 10.2 Å². The normalized spacial score (nSPS) is 11.7. The summed E-state index contributed by atoms with van der Waals surface area (Å²) >= 11 is 2.60. The monoisotopic (exact) mass is 404 g/mol. The number of halogens is 1. The number of hydrogen-bond acceptors (Lipinski definition) is 7. The van der Waals surface area contributed by atoms with E-state index < -0.39 is 0 Å². The van der Waals surface area contributed by atoms with Crippen molar-refractivity contribution in [3.8, 4) is 5.75 Å². The first-order chi connectivity index (χ1) is 13.0. The van der Waals surface area contributed by atoms with Crippen molar-refractivity contribution in [2.45, 2.75) is 16.5 Å². The molecule has 0 aliphatic rings. The zero-order valence-corrected chi connectivity index (χ0v) is 16.2. The van der Waals surface area contributed by atoms with Gasteiger partial charge in [0.1, 0.15) is 11.6 Å². The fraction of sp³-hybridized carbons (Fsp3) is 0.167. The maximum Gasteiger partial charge on any atom is 0.237 e. The van der Waals surface area contributed by atoms with E-state index in [9.17, 15) is 9.18 Å². The maximum atomic E-state index is 13.2. The predicted molar refractivity (Wildman–Crippen MR) is 107 cm³/mol. The van der Waals surface area contributed by atoms with Gasteiger partial charge in [0.2, 0.25) is 11.0 Å². The molecule has 0 radical (unpaired) electrons. The first-order valence-electron chi connectivity index (χ1n) is 8.01. The largest absolute Gasteiger partial charge is 0.497 e. The van der Waals surface area contributed by atoms with Gasteiger partial charge in [-0.25, -0.2) is 4.39 Å². The highest BCUT2D eigenvalue weighted by Gasteiger charge is 2.17. The number of hydrogen-bond donors (Lipinski definition) is 2. The summed E-state index contributed by atoms with van der Waals surface area (Å²) in [6, 6.07) is 13.3. The van der Waals surface area contributed by atoms with Gasteiger partial charge in [0.15, 0.2) is 4.34 Å². The van der Waals surface area contributed by atoms with E-state index in [0.717, 1.165) is 0 Å². The third-order valence-electron chi connectivity index (χ3n) is 3.47. The maximum absolute atomic E-state index is 13.2. The Morgan fingerprint density at radius 3 is 2.74 bits per heavy atom. The summed E-state index contributed by atoms with van der Waals surface area (Å²) in [5, 5.41) is 14.1. The molecule has 3 rings (SSSR count). The lowest BCUT2D eigenvalue weighted by Crippen LogP contribution is -2.22. The van der Waals surface area contributed by atoms with Crippen LogP contribution in [-0.2, 0) is 4.79 Å². The number of amides is 1. The molecule has 2 N–H and O–H groups in total. The Morgan fingerprint density at radius 2 is 1.96 bits per heavy atom. The molecular weight excluding hydrogens is 387 g/mol. The van der Waals surface area contributed by atoms with Crippen LogP contribution in [0.3, 0.4) is 0 Å². The van der Waals surface area contributed by atoms with Crippen molar-refractivity contribution >= 4 is 45.5 Å². The second-order valence-electron chi connectivity index (χ2n) is 5.49. The van der Waals surface area contributed by atoms with Crippen LogP contribution in [-0.4, -0.2) is 28.5 Å². The van der Waals surface area contributed by atoms with E-state index in [-0.39, 0.29) is 17.0 Å². The van der Waals surface area contributed by atoms with Gasteiger partial charge in [-0.1, -0.05) is 35.2 Å². The molecule has 27 heavy (non-hydrogen) atoms. The summed E-state index contributed by atoms with van der Waals surface area (Å²) in [4.78, 5) is 12.4. The number of thioether (sulfide) groups is 1. The van der Waals surface area contributed by atoms with Crippen LogP contribution in [0.25, 0.3) is 0 Å². The molecule has 1 aromatic heterocycles. The number of carbonyl (C=O) groups excluding carboxylic acids is 1. The van der Waals surface area contributed by atoms with E-state index in [0.29, 0.717) is 26.6 Å². The SMILES string of the molecule is COc1cccc(NC(=O)[C@H](C)Sc2nnc(Nc3cccc(F)c3)s2)c1. The van der Waals surface area contributed by atoms with Crippen LogP contribution < -0.4 is 15.4 Å². The number of rotatable bonds is 7. The Labute approximate surface area is 164 Å². The van der Waals surface area contributed by atoms with Crippen molar-refractivity contribution in [1.29, 1.82) is 0 Å². The first-order valence-corrected chi connectivity index (χ1v) is 9.71. The van der Waals surface area contributed by atoms with Gasteiger partial charge in [-0.3, -0.25) is 4.79 Å². The summed E-state index contributed by atoms with van der Waals surface area (Å²) in [6.45, 7) is 1.79. The third-order valence-corrected chi connectivity index (χ3v) is 5.49. The topological polar surface area (TPSA) is 76.1 Å². The molecule has 0 bridgehead atoms. The third kappa shape index (κ3) is 5.41. The second kappa shape index (κ2) is 8.83. The van der Waals surface area contributed by atoms with E-state index >= 15 is 0 Å². The molecule has 6 nitrogen and oxygen atoms in total. The molecular formula is C18H17FN4O2S2. The Hall–Kier alpha value is -2.65. The van der Waals surface area contributed by atoms with Crippen molar-refractivity contribution < 1.29 is 13.9 Å². The fourth-order valence-electron chi connectivity index (χ4n) is 2.15. The average Bonchev–Trinajstić information content (AvgIpc) is 3.08. The number of aromatic nitrogens is 2. The van der Waals surface area contributed by atoms with Crippen LogP contribution >= 0.6 is 23.1 Å². The van der Waals surface area contributed by atoms with Gasteiger partial charge >= 0.3 is 0 Å². The zero-order chi connectivity index (χ0) is 19.2. The summed E-state index contributed by atoms with van der Waals surface area (Å²) in [7, 11) is 1.57. The number of nitrogens with zero attached hydrogens (tertiary/aromatic N) is 2. The molecule has 0 aliphatic carbocycles. The molecule has 9 heteroatoms. The highest BCUT2D eigenvalue weighted by Crippen LogP contribution is 2.31. The van der Waals surface area contributed by atoms with Gasteiger partial charge in [-0.2, -0.15) is 0 Å². The van der Waals surface area contributed by atoms with Crippen molar-refractivity contribution in [3.63, 3.8) is 0 Å². The summed E-state index contributed by atoms with van der Waals surface area (Å²) in [5.74, 6) is 0.190. The minimum absolute atomic E-state index is 0.150. The Bertz CT molecular complexity index is 935. The van der Waals surface area contributed by atoms with E-state index in [1.807, 2.05) is 6.07 Å². The minimum Gasteiger partial charge on any atom is -0.497 e. The lowest BCUT2D eigenvalue weighted by atomic mass is 10.3. The standard InChI is InChI=1S/C18H17FN4O2S2/c1-11(16(24)20-14-7-4-8-15(10-14)25-2)26-18-23-22-17(27-18)21-13-6-3-5-12(19)9-13/h3-11H,1-2H3,(H,20,24)(H,21,22)/t11-/m0/s1. The van der Waals surface area contributed by atoms with E-state index in [1.54, 1.807) is 44.4 Å². The Balaban J connectivity index is 1.58. The van der Waals surface area contributed by atoms with Crippen LogP contribution in [0.4, 0.5) is 20.9 Å². The minimum atomic E-state index is -0.369. The van der Waals surface area contributed by atoms with Crippen molar-refractivity contribution in [2.24, 2.45) is 0 Å². The number of carbonyl (C=O) groups is 1. The highest BCUT2D eigenvalue weighted by molar-refractivity contribution is 8.02. The van der Waals surface area contributed by atoms with Gasteiger partial charge in [0, 0.05) is 17.4 Å². The van der Waals surface area contributed by atoms with Gasteiger partial charge < -0.3 is 15.4 Å². The van der Waals surface area contributed by atoms with Crippen LogP contribution in [0.15, 0.2) is 52.9 Å². The van der Waals surface area contributed by atoms with Crippen molar-refractivity contribution in [2.75, 3.05) is 17.7 Å². The first kappa shape index (κ1) is 19.1. The summed E-state index contributed by atoms with van der Waals surface area (Å²) in [5.41, 5.74) is 1.25. The molecule has 0 saturated heterocycles. The van der Waals surface area contributed by atoms with Gasteiger partial charge in [-0.15, -0.1) is 10.2 Å². The quantitative estimate of drug-likeness (QED) is 0.563. The number of methoxy groups -OCH3 is 1. The molecule has 0 fully saturated rings. The fourth-order valence-corrected chi connectivity index (χ4v) is 4.06. The van der Waals surface area contributed by atoms with Crippen LogP contribution in [0.5, 0.6) is 5.75 Å². The molecule has 1 heterocycles. The molecule has 0 spiro atoms. The molecule has 0 unspecified atom stereocenters. The van der Waals surface area contributed by atoms with Gasteiger partial charge in [0.05, 0.1) is 12.4 Å². The molecule has 0 aliphatic heterocycles.